The van der Waals surface area contributed by atoms with Crippen LogP contribution in [0.15, 0.2) is 53.4 Å². The molecule has 0 unspecified atom stereocenters. The van der Waals surface area contributed by atoms with Crippen molar-refractivity contribution in [2.45, 2.75) is 4.90 Å². The molecule has 9 heteroatoms. The Balaban J connectivity index is 1.75. The van der Waals surface area contributed by atoms with Gasteiger partial charge >= 0.3 is 6.03 Å². The maximum Gasteiger partial charge on any atom is 0.323 e. The third-order valence-corrected chi connectivity index (χ3v) is 4.25. The van der Waals surface area contributed by atoms with Gasteiger partial charge in [-0.2, -0.15) is 5.21 Å². The van der Waals surface area contributed by atoms with Crippen LogP contribution in [0.2, 0.25) is 0 Å². The van der Waals surface area contributed by atoms with E-state index in [4.69, 9.17) is 12.2 Å². The van der Waals surface area contributed by atoms with Crippen molar-refractivity contribution >= 4 is 41.4 Å². The maximum atomic E-state index is 12.2. The van der Waals surface area contributed by atoms with E-state index in [1.807, 2.05) is 42.7 Å². The van der Waals surface area contributed by atoms with Crippen molar-refractivity contribution in [3.05, 3.63) is 53.3 Å². The van der Waals surface area contributed by atoms with Crippen LogP contribution in [0.5, 0.6) is 0 Å². The molecule has 2 aromatic carbocycles. The number of carbonyl (C=O) groups excluding carboxylic acids is 1. The summed E-state index contributed by atoms with van der Waals surface area (Å²) in [6, 6.07) is 14.5. The van der Waals surface area contributed by atoms with E-state index in [9.17, 15) is 4.79 Å². The Morgan fingerprint density at radius 3 is 2.79 bits per heavy atom. The molecule has 3 rings (SSSR count). The zero-order valence-corrected chi connectivity index (χ0v) is 14.3. The van der Waals surface area contributed by atoms with Crippen LogP contribution in [0, 0.1) is 4.77 Å². The quantitative estimate of drug-likeness (QED) is 0.489. The normalized spacial score (nSPS) is 10.4. The second-order valence-corrected chi connectivity index (χ2v) is 5.96. The number of hydrogen-bond acceptors (Lipinski definition) is 5. The number of rotatable bonds is 4. The minimum atomic E-state index is -0.319. The van der Waals surface area contributed by atoms with E-state index < -0.39 is 0 Å². The smallest absolute Gasteiger partial charge is 0.308 e. The molecule has 0 fully saturated rings. The number of para-hydroxylation sites is 1. The lowest BCUT2D eigenvalue weighted by atomic mass is 10.3. The molecule has 0 aliphatic heterocycles. The van der Waals surface area contributed by atoms with Crippen molar-refractivity contribution in [1.29, 1.82) is 0 Å². The second-order valence-electron chi connectivity index (χ2n) is 4.75. The van der Waals surface area contributed by atoms with Crippen molar-refractivity contribution in [3.8, 4) is 5.69 Å². The summed E-state index contributed by atoms with van der Waals surface area (Å²) in [5, 5.41) is 15.7. The number of carbonyl (C=O) groups is 1. The predicted molar refractivity (Wildman–Crippen MR) is 97.4 cm³/mol. The molecule has 0 bridgehead atoms. The first kappa shape index (κ1) is 16.2. The number of tetrazole rings is 1. The highest BCUT2D eigenvalue weighted by molar-refractivity contribution is 7.98. The van der Waals surface area contributed by atoms with E-state index in [1.54, 1.807) is 28.6 Å². The highest BCUT2D eigenvalue weighted by Crippen LogP contribution is 2.24. The molecule has 3 N–H and O–H groups in total. The first-order valence-electron chi connectivity index (χ1n) is 6.99. The fourth-order valence-electron chi connectivity index (χ4n) is 2.12. The van der Waals surface area contributed by atoms with Gasteiger partial charge in [-0.15, -0.1) is 11.8 Å². The minimum Gasteiger partial charge on any atom is -0.308 e. The zero-order chi connectivity index (χ0) is 16.9. The third-order valence-electron chi connectivity index (χ3n) is 3.19. The minimum absolute atomic E-state index is 0.311. The molecule has 24 heavy (non-hydrogen) atoms. The summed E-state index contributed by atoms with van der Waals surface area (Å²) >= 11 is 6.64. The summed E-state index contributed by atoms with van der Waals surface area (Å²) in [6.07, 6.45) is 1.96. The Labute approximate surface area is 147 Å². The lowest BCUT2D eigenvalue weighted by molar-refractivity contribution is 0.262. The van der Waals surface area contributed by atoms with E-state index in [1.165, 1.54) is 0 Å². The standard InChI is InChI=1S/C15H14N6OS2/c1-24-13-8-3-2-7-12(13)17-14(22)16-10-5-4-6-11(9-10)21-15(23)18-19-20-21/h2-9H,1H3,(H2,16,17,22)(H,18,20,23). The molecule has 0 atom stereocenters. The zero-order valence-electron chi connectivity index (χ0n) is 12.7. The van der Waals surface area contributed by atoms with Crippen molar-refractivity contribution in [2.24, 2.45) is 0 Å². The molecular weight excluding hydrogens is 344 g/mol. The summed E-state index contributed by atoms with van der Waals surface area (Å²) in [7, 11) is 0. The lowest BCUT2D eigenvalue weighted by Crippen LogP contribution is -2.19. The Hall–Kier alpha value is -2.65. The number of anilines is 2. The van der Waals surface area contributed by atoms with Crippen LogP contribution < -0.4 is 10.6 Å². The largest absolute Gasteiger partial charge is 0.323 e. The molecule has 7 nitrogen and oxygen atoms in total. The number of aromatic amines is 1. The van der Waals surface area contributed by atoms with Gasteiger partial charge in [-0.1, -0.05) is 28.5 Å². The maximum absolute atomic E-state index is 12.2. The van der Waals surface area contributed by atoms with Crippen molar-refractivity contribution in [3.63, 3.8) is 0 Å². The Morgan fingerprint density at radius 2 is 2.04 bits per heavy atom. The highest BCUT2D eigenvalue weighted by atomic mass is 32.2. The molecule has 0 spiro atoms. The van der Waals surface area contributed by atoms with Crippen LogP contribution in [-0.4, -0.2) is 32.5 Å². The number of benzene rings is 2. The molecule has 0 saturated heterocycles. The molecule has 3 aromatic rings. The fourth-order valence-corrected chi connectivity index (χ4v) is 2.86. The van der Waals surface area contributed by atoms with Crippen molar-refractivity contribution in [1.82, 2.24) is 20.2 Å². The van der Waals surface area contributed by atoms with Crippen LogP contribution in [0.1, 0.15) is 0 Å². The molecule has 0 saturated carbocycles. The average molecular weight is 358 g/mol. The topological polar surface area (TPSA) is 87.6 Å². The summed E-state index contributed by atoms with van der Waals surface area (Å²) in [5.74, 6) is 0. The number of nitrogens with one attached hydrogen (secondary N) is 3. The molecule has 1 heterocycles. The Kier molecular flexibility index (Phi) is 4.92. The van der Waals surface area contributed by atoms with E-state index in [0.717, 1.165) is 16.3 Å². The molecule has 1 aromatic heterocycles. The molecule has 0 aliphatic carbocycles. The van der Waals surface area contributed by atoms with E-state index >= 15 is 0 Å². The van der Waals surface area contributed by atoms with Gasteiger partial charge in [0.05, 0.1) is 11.4 Å². The van der Waals surface area contributed by atoms with Gasteiger partial charge in [0.1, 0.15) is 0 Å². The third kappa shape index (κ3) is 3.63. The number of thioether (sulfide) groups is 1. The molecular formula is C15H14N6OS2. The molecule has 0 radical (unpaired) electrons. The number of hydrogen-bond donors (Lipinski definition) is 3. The second kappa shape index (κ2) is 7.28. The average Bonchev–Trinajstić information content (AvgIpc) is 3.01. The van der Waals surface area contributed by atoms with Gasteiger partial charge in [0.25, 0.3) is 0 Å². The molecule has 122 valence electrons. The van der Waals surface area contributed by atoms with Crippen LogP contribution in [0.25, 0.3) is 5.69 Å². The van der Waals surface area contributed by atoms with Crippen LogP contribution >= 0.6 is 24.0 Å². The van der Waals surface area contributed by atoms with Crippen LogP contribution in [0.3, 0.4) is 0 Å². The summed E-state index contributed by atoms with van der Waals surface area (Å²) in [6.45, 7) is 0. The first-order valence-corrected chi connectivity index (χ1v) is 8.62. The fraction of sp³-hybridized carbons (Fsp3) is 0.0667. The Morgan fingerprint density at radius 1 is 1.21 bits per heavy atom. The lowest BCUT2D eigenvalue weighted by Gasteiger charge is -2.11. The molecule has 0 aliphatic rings. The van der Waals surface area contributed by atoms with E-state index in [0.29, 0.717) is 10.5 Å². The monoisotopic (exact) mass is 358 g/mol. The Bertz CT molecular complexity index is 920. The van der Waals surface area contributed by atoms with Crippen molar-refractivity contribution < 1.29 is 4.79 Å². The number of amides is 2. The van der Waals surface area contributed by atoms with Gasteiger partial charge in [-0.05, 0) is 48.8 Å². The SMILES string of the molecule is CSc1ccccc1NC(=O)Nc1cccc(-n2[nH]nnc2=S)c1. The van der Waals surface area contributed by atoms with Crippen LogP contribution in [0.4, 0.5) is 16.2 Å². The summed E-state index contributed by atoms with van der Waals surface area (Å²) < 4.78 is 1.85. The highest BCUT2D eigenvalue weighted by Gasteiger charge is 2.07. The number of nitrogens with zero attached hydrogens (tertiary/aromatic N) is 3. The number of H-pyrrole nitrogens is 1. The molecule has 2 amide bonds. The van der Waals surface area contributed by atoms with Gasteiger partial charge in [-0.3, -0.25) is 0 Å². The van der Waals surface area contributed by atoms with Gasteiger partial charge in [0, 0.05) is 10.6 Å². The summed E-state index contributed by atoms with van der Waals surface area (Å²) in [5.41, 5.74) is 2.12. The van der Waals surface area contributed by atoms with Gasteiger partial charge < -0.3 is 10.6 Å². The van der Waals surface area contributed by atoms with E-state index in [-0.39, 0.29) is 6.03 Å². The number of urea groups is 1. The number of aromatic nitrogens is 4. The van der Waals surface area contributed by atoms with Crippen molar-refractivity contribution in [2.75, 3.05) is 16.9 Å². The van der Waals surface area contributed by atoms with Crippen LogP contribution in [-0.2, 0) is 0 Å². The van der Waals surface area contributed by atoms with E-state index in [2.05, 4.69) is 26.2 Å². The van der Waals surface area contributed by atoms with Gasteiger partial charge in [0.2, 0.25) is 4.77 Å². The summed E-state index contributed by atoms with van der Waals surface area (Å²) in [4.78, 5) is 13.2. The predicted octanol–water partition coefficient (Wildman–Crippen LogP) is 3.69. The first-order chi connectivity index (χ1) is 11.7. The van der Waals surface area contributed by atoms with Gasteiger partial charge in [0.15, 0.2) is 0 Å². The van der Waals surface area contributed by atoms with Gasteiger partial charge in [-0.25, -0.2) is 9.48 Å².